The molecule has 0 saturated heterocycles. The Balaban J connectivity index is 1.61. The summed E-state index contributed by atoms with van der Waals surface area (Å²) in [7, 11) is 0. The zero-order valence-electron chi connectivity index (χ0n) is 16.1. The van der Waals surface area contributed by atoms with Crippen LogP contribution in [-0.2, 0) is 13.2 Å². The Bertz CT molecular complexity index is 1190. The number of anilines is 1. The van der Waals surface area contributed by atoms with E-state index in [2.05, 4.69) is 5.32 Å². The van der Waals surface area contributed by atoms with Crippen molar-refractivity contribution in [3.8, 4) is 5.75 Å². The van der Waals surface area contributed by atoms with Crippen LogP contribution in [0.4, 0.5) is 10.1 Å². The summed E-state index contributed by atoms with van der Waals surface area (Å²) in [6.45, 7) is 0.781. The number of aromatic carboxylic acids is 1. The Morgan fingerprint density at radius 3 is 2.53 bits per heavy atom. The normalized spacial score (nSPS) is 10.7. The second kappa shape index (κ2) is 8.66. The smallest absolute Gasteiger partial charge is 0.335 e. The fraction of sp³-hybridized carbons (Fsp3) is 0.0800. The van der Waals surface area contributed by atoms with Gasteiger partial charge in [0, 0.05) is 17.8 Å². The summed E-state index contributed by atoms with van der Waals surface area (Å²) in [6, 6.07) is 24.9. The zero-order chi connectivity index (χ0) is 20.9. The van der Waals surface area contributed by atoms with E-state index in [0.717, 1.165) is 27.6 Å². The number of carboxylic acids is 1. The lowest BCUT2D eigenvalue weighted by atomic mass is 10.0. The number of hydrogen-bond donors (Lipinski definition) is 2. The van der Waals surface area contributed by atoms with Crippen molar-refractivity contribution in [1.29, 1.82) is 0 Å². The monoisotopic (exact) mass is 401 g/mol. The second-order valence-corrected chi connectivity index (χ2v) is 6.92. The molecule has 5 heteroatoms. The van der Waals surface area contributed by atoms with Gasteiger partial charge in [-0.15, -0.1) is 0 Å². The predicted molar refractivity (Wildman–Crippen MR) is 115 cm³/mol. The Labute approximate surface area is 173 Å². The van der Waals surface area contributed by atoms with Gasteiger partial charge in [-0.25, -0.2) is 9.18 Å². The molecule has 4 aromatic rings. The van der Waals surface area contributed by atoms with Crippen LogP contribution in [0.25, 0.3) is 10.8 Å². The van der Waals surface area contributed by atoms with E-state index >= 15 is 0 Å². The van der Waals surface area contributed by atoms with Gasteiger partial charge in [-0.2, -0.15) is 0 Å². The number of rotatable bonds is 7. The Hall–Kier alpha value is -3.86. The van der Waals surface area contributed by atoms with Crippen LogP contribution in [0.3, 0.4) is 0 Å². The van der Waals surface area contributed by atoms with Crippen LogP contribution in [0.5, 0.6) is 5.75 Å². The van der Waals surface area contributed by atoms with Crippen molar-refractivity contribution in [2.24, 2.45) is 0 Å². The topological polar surface area (TPSA) is 58.6 Å². The predicted octanol–water partition coefficient (Wildman–Crippen LogP) is 5.87. The van der Waals surface area contributed by atoms with Crippen molar-refractivity contribution >= 4 is 22.4 Å². The summed E-state index contributed by atoms with van der Waals surface area (Å²) < 4.78 is 19.2. The minimum absolute atomic E-state index is 0.228. The third-order valence-corrected chi connectivity index (χ3v) is 4.88. The van der Waals surface area contributed by atoms with E-state index in [9.17, 15) is 14.3 Å². The van der Waals surface area contributed by atoms with E-state index in [1.54, 1.807) is 30.3 Å². The van der Waals surface area contributed by atoms with Gasteiger partial charge < -0.3 is 15.2 Å². The molecule has 0 aliphatic heterocycles. The van der Waals surface area contributed by atoms with Crippen LogP contribution in [0.2, 0.25) is 0 Å². The lowest BCUT2D eigenvalue weighted by Gasteiger charge is -2.16. The maximum atomic E-state index is 13.1. The molecule has 0 saturated carbocycles. The number of nitrogens with one attached hydrogen (secondary N) is 1. The van der Waals surface area contributed by atoms with Crippen LogP contribution in [-0.4, -0.2) is 11.1 Å². The number of hydrogen-bond acceptors (Lipinski definition) is 3. The quantitative estimate of drug-likeness (QED) is 0.407. The molecule has 0 unspecified atom stereocenters. The first-order valence-electron chi connectivity index (χ1n) is 9.55. The van der Waals surface area contributed by atoms with Crippen LogP contribution in [0.15, 0.2) is 84.9 Å². The number of carboxylic acid groups (broad SMARTS) is 1. The van der Waals surface area contributed by atoms with Crippen LogP contribution in [0, 0.1) is 5.82 Å². The number of fused-ring (bicyclic) bond motifs is 1. The highest BCUT2D eigenvalue weighted by atomic mass is 19.1. The fourth-order valence-electron chi connectivity index (χ4n) is 3.33. The fourth-order valence-corrected chi connectivity index (χ4v) is 3.33. The molecule has 0 spiro atoms. The van der Waals surface area contributed by atoms with Crippen molar-refractivity contribution in [2.75, 3.05) is 5.32 Å². The molecule has 0 aliphatic carbocycles. The van der Waals surface area contributed by atoms with Gasteiger partial charge in [0.1, 0.15) is 18.2 Å². The lowest BCUT2D eigenvalue weighted by molar-refractivity contribution is 0.0697. The highest BCUT2D eigenvalue weighted by molar-refractivity contribution is 5.89. The summed E-state index contributed by atoms with van der Waals surface area (Å²) in [4.78, 5) is 11.2. The van der Waals surface area contributed by atoms with Crippen molar-refractivity contribution in [3.05, 3.63) is 107 Å². The van der Waals surface area contributed by atoms with Crippen LogP contribution in [0.1, 0.15) is 21.5 Å². The minimum Gasteiger partial charge on any atom is -0.489 e. The molecule has 30 heavy (non-hydrogen) atoms. The molecule has 0 aromatic heterocycles. The molecule has 150 valence electrons. The standard InChI is InChI=1S/C25H20FNO3/c26-20-11-8-17(9-12-20)16-30-24-13-10-18-4-1-2-7-22(18)23(24)15-27-21-6-3-5-19(14-21)25(28)29/h1-14,27H,15-16H2,(H,28,29). The SMILES string of the molecule is O=C(O)c1cccc(NCc2c(OCc3ccc(F)cc3)ccc3ccccc23)c1. The van der Waals surface area contributed by atoms with E-state index in [1.165, 1.54) is 12.1 Å². The van der Waals surface area contributed by atoms with Crippen LogP contribution >= 0.6 is 0 Å². The van der Waals surface area contributed by atoms with E-state index in [0.29, 0.717) is 18.8 Å². The molecule has 0 atom stereocenters. The molecule has 0 fully saturated rings. The van der Waals surface area contributed by atoms with Gasteiger partial charge in [-0.05, 0) is 52.7 Å². The first kappa shape index (κ1) is 19.5. The van der Waals surface area contributed by atoms with Gasteiger partial charge in [0.2, 0.25) is 0 Å². The highest BCUT2D eigenvalue weighted by Gasteiger charge is 2.10. The largest absolute Gasteiger partial charge is 0.489 e. The Morgan fingerprint density at radius 2 is 1.73 bits per heavy atom. The second-order valence-electron chi connectivity index (χ2n) is 6.92. The number of carbonyl (C=O) groups is 1. The summed E-state index contributed by atoms with van der Waals surface area (Å²) in [6.07, 6.45) is 0. The van der Waals surface area contributed by atoms with E-state index in [-0.39, 0.29) is 11.4 Å². The summed E-state index contributed by atoms with van der Waals surface area (Å²) in [5.41, 5.74) is 2.78. The van der Waals surface area contributed by atoms with E-state index in [1.807, 2.05) is 42.5 Å². The Kier molecular flexibility index (Phi) is 5.61. The molecule has 4 aromatic carbocycles. The van der Waals surface area contributed by atoms with Gasteiger partial charge in [0.15, 0.2) is 0 Å². The maximum Gasteiger partial charge on any atom is 0.335 e. The van der Waals surface area contributed by atoms with Gasteiger partial charge in [0.05, 0.1) is 5.56 Å². The average Bonchev–Trinajstić information content (AvgIpc) is 2.77. The van der Waals surface area contributed by atoms with Gasteiger partial charge in [0.25, 0.3) is 0 Å². The van der Waals surface area contributed by atoms with Gasteiger partial charge in [-0.1, -0.05) is 48.5 Å². The van der Waals surface area contributed by atoms with Crippen molar-refractivity contribution in [2.45, 2.75) is 13.2 Å². The molecule has 4 nitrogen and oxygen atoms in total. The molecular formula is C25H20FNO3. The average molecular weight is 401 g/mol. The number of halogens is 1. The number of ether oxygens (including phenoxy) is 1. The first-order valence-corrected chi connectivity index (χ1v) is 9.55. The molecule has 0 radical (unpaired) electrons. The third-order valence-electron chi connectivity index (χ3n) is 4.88. The Morgan fingerprint density at radius 1 is 0.933 bits per heavy atom. The zero-order valence-corrected chi connectivity index (χ0v) is 16.1. The summed E-state index contributed by atoms with van der Waals surface area (Å²) in [5.74, 6) is -0.523. The summed E-state index contributed by atoms with van der Waals surface area (Å²) in [5, 5.41) is 14.6. The van der Waals surface area contributed by atoms with Gasteiger partial charge >= 0.3 is 5.97 Å². The minimum atomic E-state index is -0.966. The molecule has 4 rings (SSSR count). The highest BCUT2D eigenvalue weighted by Crippen LogP contribution is 2.30. The molecule has 2 N–H and O–H groups in total. The lowest BCUT2D eigenvalue weighted by Crippen LogP contribution is -2.05. The van der Waals surface area contributed by atoms with Crippen molar-refractivity contribution in [3.63, 3.8) is 0 Å². The molecular weight excluding hydrogens is 381 g/mol. The maximum absolute atomic E-state index is 13.1. The molecule has 0 heterocycles. The number of benzene rings is 4. The van der Waals surface area contributed by atoms with E-state index < -0.39 is 5.97 Å². The van der Waals surface area contributed by atoms with Crippen molar-refractivity contribution < 1.29 is 19.0 Å². The van der Waals surface area contributed by atoms with E-state index in [4.69, 9.17) is 4.74 Å². The molecule has 0 amide bonds. The summed E-state index contributed by atoms with van der Waals surface area (Å²) >= 11 is 0. The van der Waals surface area contributed by atoms with Crippen LogP contribution < -0.4 is 10.1 Å². The molecule has 0 aliphatic rings. The van der Waals surface area contributed by atoms with Gasteiger partial charge in [-0.3, -0.25) is 0 Å². The first-order chi connectivity index (χ1) is 14.6. The molecule has 0 bridgehead atoms. The van der Waals surface area contributed by atoms with Crippen molar-refractivity contribution in [1.82, 2.24) is 0 Å². The third kappa shape index (κ3) is 4.41.